The van der Waals surface area contributed by atoms with Crippen molar-refractivity contribution in [3.8, 4) is 23.0 Å². The number of benzene rings is 2. The largest absolute Gasteiger partial charge is 0.496 e. The monoisotopic (exact) mass is 548 g/mol. The Hall–Kier alpha value is -3.48. The Morgan fingerprint density at radius 1 is 0.875 bits per heavy atom. The van der Waals surface area contributed by atoms with Gasteiger partial charge in [0, 0.05) is 23.5 Å². The van der Waals surface area contributed by atoms with Crippen LogP contribution >= 0.6 is 0 Å². The molecule has 0 bridgehead atoms. The lowest BCUT2D eigenvalue weighted by molar-refractivity contribution is -0.154. The topological polar surface area (TPSA) is 80.3 Å². The molecule has 0 N–H and O–H groups in total. The molecule has 0 heterocycles. The van der Waals surface area contributed by atoms with Crippen LogP contribution in [0, 0.1) is 17.3 Å². The molecule has 2 saturated carbocycles. The summed E-state index contributed by atoms with van der Waals surface area (Å²) in [5.41, 5.74) is 4.09. The normalized spacial score (nSPS) is 26.9. The van der Waals surface area contributed by atoms with Gasteiger partial charge >= 0.3 is 5.97 Å². The summed E-state index contributed by atoms with van der Waals surface area (Å²) in [6, 6.07) is 7.70. The number of carbonyl (C=O) groups is 2. The van der Waals surface area contributed by atoms with Gasteiger partial charge in [0.2, 0.25) is 5.75 Å². The number of aryl methyl sites for hydroxylation is 1. The predicted molar refractivity (Wildman–Crippen MR) is 153 cm³/mol. The highest BCUT2D eigenvalue weighted by atomic mass is 16.5. The van der Waals surface area contributed by atoms with Crippen molar-refractivity contribution in [1.29, 1.82) is 0 Å². The van der Waals surface area contributed by atoms with Crippen LogP contribution in [0.5, 0.6) is 23.0 Å². The molecule has 3 aliphatic carbocycles. The first-order chi connectivity index (χ1) is 19.2. The van der Waals surface area contributed by atoms with Gasteiger partial charge < -0.3 is 23.7 Å². The van der Waals surface area contributed by atoms with Gasteiger partial charge in [-0.2, -0.15) is 0 Å². The maximum Gasteiger partial charge on any atom is 0.302 e. The third kappa shape index (κ3) is 4.84. The molecule has 0 saturated heterocycles. The first-order valence-electron chi connectivity index (χ1n) is 14.1. The summed E-state index contributed by atoms with van der Waals surface area (Å²) in [6.45, 7) is 3.86. The molecule has 2 fully saturated rings. The molecule has 7 heteroatoms. The number of ether oxygens (including phenoxy) is 5. The van der Waals surface area contributed by atoms with E-state index < -0.39 is 0 Å². The molecule has 214 valence electrons. The molecule has 5 atom stereocenters. The van der Waals surface area contributed by atoms with Gasteiger partial charge in [-0.25, -0.2) is 0 Å². The fourth-order valence-corrected chi connectivity index (χ4v) is 7.75. The van der Waals surface area contributed by atoms with Crippen LogP contribution in [-0.2, 0) is 16.0 Å². The van der Waals surface area contributed by atoms with Crippen LogP contribution in [-0.4, -0.2) is 46.3 Å². The summed E-state index contributed by atoms with van der Waals surface area (Å²) in [5, 5.41) is 0. The number of hydrogen-bond donors (Lipinski definition) is 0. The summed E-state index contributed by atoms with van der Waals surface area (Å²) in [5.74, 6) is 3.31. The number of allylic oxidation sites excluding steroid dienone is 1. The molecule has 5 rings (SSSR count). The van der Waals surface area contributed by atoms with E-state index in [-0.39, 0.29) is 23.3 Å². The van der Waals surface area contributed by atoms with Crippen molar-refractivity contribution in [1.82, 2.24) is 0 Å². The highest BCUT2D eigenvalue weighted by Gasteiger charge is 2.56. The first-order valence-corrected chi connectivity index (χ1v) is 14.1. The zero-order valence-corrected chi connectivity index (χ0v) is 24.4. The molecule has 3 aliphatic rings. The van der Waals surface area contributed by atoms with Crippen LogP contribution in [0.1, 0.15) is 78.9 Å². The molecule has 0 aliphatic heterocycles. The van der Waals surface area contributed by atoms with Gasteiger partial charge in [-0.1, -0.05) is 6.92 Å². The molecular weight excluding hydrogens is 508 g/mol. The van der Waals surface area contributed by atoms with E-state index >= 15 is 0 Å². The van der Waals surface area contributed by atoms with Crippen molar-refractivity contribution in [2.45, 2.75) is 64.4 Å². The minimum Gasteiger partial charge on any atom is -0.496 e. The van der Waals surface area contributed by atoms with Gasteiger partial charge in [-0.15, -0.1) is 0 Å². The zero-order valence-electron chi connectivity index (χ0n) is 24.4. The molecule has 2 aromatic rings. The van der Waals surface area contributed by atoms with Gasteiger partial charge in [0.25, 0.3) is 0 Å². The molecular formula is C33H40O7. The maximum atomic E-state index is 13.2. The van der Waals surface area contributed by atoms with Crippen LogP contribution < -0.4 is 18.9 Å². The maximum absolute atomic E-state index is 13.2. The van der Waals surface area contributed by atoms with Gasteiger partial charge in [0.15, 0.2) is 17.3 Å². The Morgan fingerprint density at radius 2 is 1.57 bits per heavy atom. The van der Waals surface area contributed by atoms with E-state index in [1.54, 1.807) is 25.3 Å². The zero-order chi connectivity index (χ0) is 28.6. The fourth-order valence-electron chi connectivity index (χ4n) is 7.75. The lowest BCUT2D eigenvalue weighted by Crippen LogP contribution is -2.45. The van der Waals surface area contributed by atoms with Gasteiger partial charge in [0.05, 0.1) is 28.4 Å². The number of carbonyl (C=O) groups excluding carboxylic acids is 2. The number of rotatable bonds is 8. The third-order valence-electron chi connectivity index (χ3n) is 9.66. The summed E-state index contributed by atoms with van der Waals surface area (Å²) >= 11 is 0. The highest BCUT2D eigenvalue weighted by Crippen LogP contribution is 2.61. The number of ketones is 1. The average Bonchev–Trinajstić information content (AvgIpc) is 3.29. The van der Waals surface area contributed by atoms with Crippen LogP contribution in [0.25, 0.3) is 6.08 Å². The van der Waals surface area contributed by atoms with Crippen molar-refractivity contribution >= 4 is 17.8 Å². The molecule has 40 heavy (non-hydrogen) atoms. The molecule has 0 spiro atoms. The standard InChI is InChI=1S/C33H40O7/c1-19(34)40-31-12-10-26-24-9-7-20-16-28(36-3)21(15-25(20)23(24)13-14-33(26,31)2)8-11-27(35)22-17-29(37-4)32(39-6)30(18-22)38-5/h8,11,15-18,23-24,26,31H,7,9-10,12-14H2,1-6H3/b11-8+/t23-,24+,26-,31-,33-/m0/s1. The molecule has 0 unspecified atom stereocenters. The Morgan fingerprint density at radius 3 is 2.20 bits per heavy atom. The number of methoxy groups -OCH3 is 4. The van der Waals surface area contributed by atoms with E-state index in [0.29, 0.717) is 40.6 Å². The summed E-state index contributed by atoms with van der Waals surface area (Å²) in [4.78, 5) is 25.0. The molecule has 0 radical (unpaired) electrons. The minimum absolute atomic E-state index is 0.0212. The molecule has 0 aromatic heterocycles. The van der Waals surface area contributed by atoms with Crippen LogP contribution in [0.2, 0.25) is 0 Å². The third-order valence-corrected chi connectivity index (χ3v) is 9.66. The van der Waals surface area contributed by atoms with Crippen molar-refractivity contribution in [2.24, 2.45) is 17.3 Å². The van der Waals surface area contributed by atoms with Crippen LogP contribution in [0.15, 0.2) is 30.3 Å². The Balaban J connectivity index is 1.43. The molecule has 2 aromatic carbocycles. The smallest absolute Gasteiger partial charge is 0.302 e. The summed E-state index contributed by atoms with van der Waals surface area (Å²) < 4.78 is 27.8. The molecule has 0 amide bonds. The SMILES string of the molecule is COc1cc2c(cc1/C=C/C(=O)c1cc(OC)c(OC)c(OC)c1)[C@H]1CC[C@]3(C)[C@@H](OC(C)=O)CC[C@H]3[C@@H]1CC2. The van der Waals surface area contributed by atoms with E-state index in [2.05, 4.69) is 19.1 Å². The average molecular weight is 549 g/mol. The number of esters is 1. The van der Waals surface area contributed by atoms with E-state index in [4.69, 9.17) is 23.7 Å². The van der Waals surface area contributed by atoms with Gasteiger partial charge in [-0.3, -0.25) is 9.59 Å². The second kappa shape index (κ2) is 11.2. The fraction of sp³-hybridized carbons (Fsp3) is 0.515. The lowest BCUT2D eigenvalue weighted by Gasteiger charge is -2.50. The quantitative estimate of drug-likeness (QED) is 0.214. The van der Waals surface area contributed by atoms with Crippen molar-refractivity contribution in [3.63, 3.8) is 0 Å². The number of fused-ring (bicyclic) bond motifs is 5. The van der Waals surface area contributed by atoms with Crippen molar-refractivity contribution in [3.05, 3.63) is 52.6 Å². The van der Waals surface area contributed by atoms with Crippen molar-refractivity contribution < 1.29 is 33.3 Å². The Kier molecular flexibility index (Phi) is 7.85. The Bertz CT molecular complexity index is 1300. The van der Waals surface area contributed by atoms with E-state index in [1.807, 2.05) is 6.08 Å². The predicted octanol–water partition coefficient (Wildman–Crippen LogP) is 6.40. The van der Waals surface area contributed by atoms with Gasteiger partial charge in [-0.05, 0) is 104 Å². The van der Waals surface area contributed by atoms with E-state index in [0.717, 1.165) is 49.8 Å². The van der Waals surface area contributed by atoms with E-state index in [1.165, 1.54) is 39.4 Å². The minimum atomic E-state index is -0.174. The highest BCUT2D eigenvalue weighted by molar-refractivity contribution is 6.07. The Labute approximate surface area is 236 Å². The first kappa shape index (κ1) is 28.1. The number of hydrogen-bond acceptors (Lipinski definition) is 7. The van der Waals surface area contributed by atoms with Crippen LogP contribution in [0.4, 0.5) is 0 Å². The second-order valence-corrected chi connectivity index (χ2v) is 11.5. The van der Waals surface area contributed by atoms with Crippen molar-refractivity contribution in [2.75, 3.05) is 28.4 Å². The van der Waals surface area contributed by atoms with E-state index in [9.17, 15) is 9.59 Å². The second-order valence-electron chi connectivity index (χ2n) is 11.5. The van der Waals surface area contributed by atoms with Crippen LogP contribution in [0.3, 0.4) is 0 Å². The van der Waals surface area contributed by atoms with Gasteiger partial charge in [0.1, 0.15) is 11.9 Å². The molecule has 7 nitrogen and oxygen atoms in total. The summed E-state index contributed by atoms with van der Waals surface area (Å²) in [7, 11) is 6.27. The summed E-state index contributed by atoms with van der Waals surface area (Å²) in [6.07, 6.45) is 9.77. The lowest BCUT2D eigenvalue weighted by atomic mass is 9.55.